The highest BCUT2D eigenvalue weighted by molar-refractivity contribution is 8.00. The van der Waals surface area contributed by atoms with Crippen LogP contribution in [0.4, 0.5) is 5.82 Å². The lowest BCUT2D eigenvalue weighted by molar-refractivity contribution is -0.113. The van der Waals surface area contributed by atoms with Crippen molar-refractivity contribution in [3.05, 3.63) is 52.3 Å². The van der Waals surface area contributed by atoms with Gasteiger partial charge in [-0.05, 0) is 24.6 Å². The molecule has 1 amide bonds. The number of aryl methyl sites for hydroxylation is 1. The fourth-order valence-corrected chi connectivity index (χ4v) is 4.18. The van der Waals surface area contributed by atoms with E-state index in [1.807, 2.05) is 37.4 Å². The Hall–Kier alpha value is -2.25. The maximum Gasteiger partial charge on any atom is 0.235 e. The van der Waals surface area contributed by atoms with Crippen molar-refractivity contribution in [2.24, 2.45) is 0 Å². The number of carbonyl (C=O) groups is 1. The van der Waals surface area contributed by atoms with Crippen LogP contribution in [0.3, 0.4) is 0 Å². The van der Waals surface area contributed by atoms with Gasteiger partial charge < -0.3 is 5.32 Å². The van der Waals surface area contributed by atoms with E-state index in [1.54, 1.807) is 11.8 Å². The van der Waals surface area contributed by atoms with Crippen LogP contribution in [0.15, 0.2) is 30.5 Å². The predicted octanol–water partition coefficient (Wildman–Crippen LogP) is 3.54. The third-order valence-corrected chi connectivity index (χ3v) is 5.48. The van der Waals surface area contributed by atoms with Crippen molar-refractivity contribution >= 4 is 35.1 Å². The van der Waals surface area contributed by atoms with E-state index in [9.17, 15) is 4.79 Å². The number of hydrogen-bond donors (Lipinski definition) is 3. The average Bonchev–Trinajstić information content (AvgIpc) is 3.14. The lowest BCUT2D eigenvalue weighted by atomic mass is 10.0. The highest BCUT2D eigenvalue weighted by atomic mass is 35.5. The Labute approximate surface area is 147 Å². The molecule has 4 rings (SSSR count). The van der Waals surface area contributed by atoms with Crippen molar-refractivity contribution in [2.75, 3.05) is 11.1 Å². The molecule has 1 aliphatic heterocycles. The normalized spacial score (nSPS) is 17.2. The van der Waals surface area contributed by atoms with Crippen LogP contribution in [0.25, 0.3) is 11.3 Å². The summed E-state index contributed by atoms with van der Waals surface area (Å²) >= 11 is 7.55. The summed E-state index contributed by atoms with van der Waals surface area (Å²) in [6.07, 6.45) is 1.81. The number of anilines is 1. The maximum atomic E-state index is 11.9. The molecule has 1 aromatic carbocycles. The largest absolute Gasteiger partial charge is 0.308 e. The first-order valence-corrected chi connectivity index (χ1v) is 8.81. The summed E-state index contributed by atoms with van der Waals surface area (Å²) < 4.78 is 0. The van der Waals surface area contributed by atoms with Gasteiger partial charge in [0.25, 0.3) is 0 Å². The smallest absolute Gasteiger partial charge is 0.235 e. The minimum Gasteiger partial charge on any atom is -0.308 e. The fraction of sp³-hybridized carbons (Fsp3) is 0.188. The number of H-pyrrole nitrogens is 2. The van der Waals surface area contributed by atoms with Crippen LogP contribution in [-0.2, 0) is 4.79 Å². The molecule has 6 nitrogen and oxygen atoms in total. The first-order valence-electron chi connectivity index (χ1n) is 7.39. The molecule has 2 aromatic heterocycles. The number of amides is 1. The molecule has 3 aromatic rings. The SMILES string of the molecule is Cc1[nH]nc2c1[C@@H](c1cn[nH]c1-c1ccc(Cl)cc1)SCC(=O)N2. The van der Waals surface area contributed by atoms with E-state index >= 15 is 0 Å². The van der Waals surface area contributed by atoms with Gasteiger partial charge in [0.05, 0.1) is 22.9 Å². The molecule has 0 unspecified atom stereocenters. The van der Waals surface area contributed by atoms with Crippen LogP contribution in [0.2, 0.25) is 5.02 Å². The monoisotopic (exact) mass is 359 g/mol. The molecular formula is C16H14ClN5OS. The van der Waals surface area contributed by atoms with Gasteiger partial charge in [-0.3, -0.25) is 15.0 Å². The molecule has 0 bridgehead atoms. The number of thioether (sulfide) groups is 1. The quantitative estimate of drug-likeness (QED) is 0.653. The summed E-state index contributed by atoms with van der Waals surface area (Å²) in [6, 6.07) is 7.60. The van der Waals surface area contributed by atoms with Gasteiger partial charge in [-0.15, -0.1) is 11.8 Å². The van der Waals surface area contributed by atoms with E-state index in [0.717, 1.165) is 28.1 Å². The van der Waals surface area contributed by atoms with Crippen molar-refractivity contribution in [2.45, 2.75) is 12.2 Å². The zero-order valence-electron chi connectivity index (χ0n) is 12.8. The van der Waals surface area contributed by atoms with Gasteiger partial charge in [0, 0.05) is 21.8 Å². The number of benzene rings is 1. The molecule has 1 atom stereocenters. The first-order chi connectivity index (χ1) is 11.6. The number of nitrogens with zero attached hydrogens (tertiary/aromatic N) is 2. The molecule has 0 radical (unpaired) electrons. The van der Waals surface area contributed by atoms with E-state index in [-0.39, 0.29) is 11.2 Å². The molecule has 24 heavy (non-hydrogen) atoms. The summed E-state index contributed by atoms with van der Waals surface area (Å²) in [5.74, 6) is 0.911. The molecule has 3 N–H and O–H groups in total. The fourth-order valence-electron chi connectivity index (χ4n) is 2.85. The Morgan fingerprint density at radius 2 is 2.04 bits per heavy atom. The number of fused-ring (bicyclic) bond motifs is 1. The third kappa shape index (κ3) is 2.59. The lowest BCUT2D eigenvalue weighted by Crippen LogP contribution is -2.12. The minimum absolute atomic E-state index is 0.0397. The van der Waals surface area contributed by atoms with Gasteiger partial charge in [-0.25, -0.2) is 0 Å². The summed E-state index contributed by atoms with van der Waals surface area (Å²) in [4.78, 5) is 11.9. The van der Waals surface area contributed by atoms with Crippen LogP contribution in [0.1, 0.15) is 22.1 Å². The van der Waals surface area contributed by atoms with Gasteiger partial charge in [-0.2, -0.15) is 10.2 Å². The molecule has 0 aliphatic carbocycles. The van der Waals surface area contributed by atoms with Gasteiger partial charge in [0.2, 0.25) is 5.91 Å². The molecule has 122 valence electrons. The average molecular weight is 360 g/mol. The zero-order valence-corrected chi connectivity index (χ0v) is 14.3. The van der Waals surface area contributed by atoms with Gasteiger partial charge in [0.15, 0.2) is 5.82 Å². The number of rotatable bonds is 2. The summed E-state index contributed by atoms with van der Waals surface area (Å²) in [5.41, 5.74) is 4.86. The Balaban J connectivity index is 1.82. The summed E-state index contributed by atoms with van der Waals surface area (Å²) in [5, 5.41) is 18.0. The van der Waals surface area contributed by atoms with E-state index in [1.165, 1.54) is 0 Å². The number of hydrogen-bond acceptors (Lipinski definition) is 4. The number of nitrogens with one attached hydrogen (secondary N) is 3. The van der Waals surface area contributed by atoms with Crippen molar-refractivity contribution in [3.63, 3.8) is 0 Å². The molecule has 0 fully saturated rings. The van der Waals surface area contributed by atoms with Crippen molar-refractivity contribution in [1.82, 2.24) is 20.4 Å². The second kappa shape index (κ2) is 5.99. The Kier molecular flexibility index (Phi) is 3.82. The summed E-state index contributed by atoms with van der Waals surface area (Å²) in [7, 11) is 0. The number of aromatic nitrogens is 4. The molecule has 0 saturated carbocycles. The van der Waals surface area contributed by atoms with Crippen LogP contribution < -0.4 is 5.32 Å². The predicted molar refractivity (Wildman–Crippen MR) is 95.3 cm³/mol. The number of aromatic amines is 2. The van der Waals surface area contributed by atoms with E-state index < -0.39 is 0 Å². The maximum absolute atomic E-state index is 11.9. The van der Waals surface area contributed by atoms with E-state index in [2.05, 4.69) is 25.7 Å². The standard InChI is InChI=1S/C16H14ClN5OS/c1-8-13-15(24-7-12(23)19-16(13)22-20-8)11-6-18-21-14(11)9-2-4-10(17)5-3-9/h2-6,15H,7H2,1H3,(H,18,21)(H2,19,20,22,23)/t15-/m1/s1. The van der Waals surface area contributed by atoms with E-state index in [4.69, 9.17) is 11.6 Å². The second-order valence-electron chi connectivity index (χ2n) is 5.56. The molecule has 3 heterocycles. The molecule has 8 heteroatoms. The highest BCUT2D eigenvalue weighted by Crippen LogP contribution is 2.44. The molecular weight excluding hydrogens is 346 g/mol. The number of halogens is 1. The zero-order chi connectivity index (χ0) is 16.7. The highest BCUT2D eigenvalue weighted by Gasteiger charge is 2.30. The molecule has 1 aliphatic rings. The van der Waals surface area contributed by atoms with Crippen LogP contribution >= 0.6 is 23.4 Å². The van der Waals surface area contributed by atoms with Gasteiger partial charge in [0.1, 0.15) is 0 Å². The Bertz CT molecular complexity index is 902. The lowest BCUT2D eigenvalue weighted by Gasteiger charge is -2.15. The van der Waals surface area contributed by atoms with Crippen LogP contribution in [-0.4, -0.2) is 32.1 Å². The topological polar surface area (TPSA) is 86.5 Å². The molecule has 0 saturated heterocycles. The second-order valence-corrected chi connectivity index (χ2v) is 7.09. The summed E-state index contributed by atoms with van der Waals surface area (Å²) in [6.45, 7) is 1.96. The van der Waals surface area contributed by atoms with E-state index in [0.29, 0.717) is 16.6 Å². The van der Waals surface area contributed by atoms with Crippen molar-refractivity contribution in [1.29, 1.82) is 0 Å². The van der Waals surface area contributed by atoms with Crippen LogP contribution in [0.5, 0.6) is 0 Å². The van der Waals surface area contributed by atoms with Crippen LogP contribution in [0, 0.1) is 6.92 Å². The Morgan fingerprint density at radius 3 is 2.83 bits per heavy atom. The Morgan fingerprint density at radius 1 is 1.25 bits per heavy atom. The van der Waals surface area contributed by atoms with Crippen molar-refractivity contribution < 1.29 is 4.79 Å². The first kappa shape index (κ1) is 15.3. The van der Waals surface area contributed by atoms with Gasteiger partial charge in [-0.1, -0.05) is 23.7 Å². The van der Waals surface area contributed by atoms with Crippen molar-refractivity contribution in [3.8, 4) is 11.3 Å². The molecule has 0 spiro atoms. The van der Waals surface area contributed by atoms with Gasteiger partial charge >= 0.3 is 0 Å². The minimum atomic E-state index is -0.0493. The third-order valence-electron chi connectivity index (χ3n) is 3.98. The number of carbonyl (C=O) groups excluding carboxylic acids is 1.